The summed E-state index contributed by atoms with van der Waals surface area (Å²) in [5.41, 5.74) is 5.71. The van der Waals surface area contributed by atoms with Gasteiger partial charge in [-0.2, -0.15) is 0 Å². The Morgan fingerprint density at radius 3 is 2.60 bits per heavy atom. The average molecular weight is 334 g/mol. The molecule has 0 saturated carbocycles. The van der Waals surface area contributed by atoms with Gasteiger partial charge in [0.1, 0.15) is 17.0 Å². The van der Waals surface area contributed by atoms with Gasteiger partial charge in [0.2, 0.25) is 0 Å². The zero-order valence-corrected chi connectivity index (χ0v) is 13.7. The first-order chi connectivity index (χ1) is 12.1. The number of aryl methyl sites for hydroxylation is 2. The minimum atomic E-state index is -0.265. The molecule has 0 amide bonds. The molecule has 25 heavy (non-hydrogen) atoms. The fraction of sp³-hybridized carbons (Fsp3) is 0.190. The fourth-order valence-corrected chi connectivity index (χ4v) is 4.00. The number of benzene rings is 2. The summed E-state index contributed by atoms with van der Waals surface area (Å²) in [5.74, 6) is -0.265. The zero-order chi connectivity index (χ0) is 17.1. The molecule has 3 nitrogen and oxygen atoms in total. The minimum Gasteiger partial charge on any atom is -0.463 e. The van der Waals surface area contributed by atoms with Gasteiger partial charge in [-0.1, -0.05) is 12.1 Å². The fourth-order valence-electron chi connectivity index (χ4n) is 4.00. The highest BCUT2D eigenvalue weighted by Gasteiger charge is 2.24. The third kappa shape index (κ3) is 2.00. The number of furan rings is 1. The Balaban J connectivity index is 1.90. The first-order valence-corrected chi connectivity index (χ1v) is 8.39. The molecule has 0 atom stereocenters. The van der Waals surface area contributed by atoms with Crippen molar-refractivity contribution in [3.05, 3.63) is 69.5 Å². The van der Waals surface area contributed by atoms with Crippen molar-refractivity contribution < 1.29 is 13.2 Å². The number of rotatable bonds is 1. The second-order valence-electron chi connectivity index (χ2n) is 6.63. The lowest BCUT2D eigenvalue weighted by Gasteiger charge is -2.07. The number of halogens is 1. The first-order valence-electron chi connectivity index (χ1n) is 8.39. The predicted molar refractivity (Wildman–Crippen MR) is 94.4 cm³/mol. The molecule has 2 aromatic heterocycles. The van der Waals surface area contributed by atoms with Gasteiger partial charge in [0.25, 0.3) is 0 Å². The summed E-state index contributed by atoms with van der Waals surface area (Å²) in [4.78, 5) is 12.2. The summed E-state index contributed by atoms with van der Waals surface area (Å²) in [5, 5.41) is 1.89. The van der Waals surface area contributed by atoms with E-state index in [1.807, 2.05) is 13.0 Å². The maximum atomic E-state index is 13.3. The topological polar surface area (TPSA) is 43.4 Å². The van der Waals surface area contributed by atoms with Crippen LogP contribution in [0.3, 0.4) is 0 Å². The molecule has 4 heteroatoms. The van der Waals surface area contributed by atoms with Gasteiger partial charge in [-0.25, -0.2) is 9.18 Å². The summed E-state index contributed by atoms with van der Waals surface area (Å²) in [7, 11) is 0. The molecule has 2 heterocycles. The molecule has 5 rings (SSSR count). The summed E-state index contributed by atoms with van der Waals surface area (Å²) < 4.78 is 24.7. The maximum absolute atomic E-state index is 13.3. The Hall–Kier alpha value is -2.88. The van der Waals surface area contributed by atoms with Crippen molar-refractivity contribution in [2.24, 2.45) is 0 Å². The van der Waals surface area contributed by atoms with Crippen molar-refractivity contribution >= 4 is 21.9 Å². The summed E-state index contributed by atoms with van der Waals surface area (Å²) in [6, 6.07) is 8.29. The molecule has 0 N–H and O–H groups in total. The standard InChI is InChI=1S/C21H15FO3/c1-11-9-17-19(14-3-2-4-15(14)21(23)25-17)20-18(11)16(10-24-20)12-5-7-13(22)8-6-12/h5-10H,2-4H2,1H3. The van der Waals surface area contributed by atoms with Crippen molar-refractivity contribution in [2.45, 2.75) is 26.2 Å². The van der Waals surface area contributed by atoms with Crippen molar-refractivity contribution in [1.29, 1.82) is 0 Å². The second-order valence-corrected chi connectivity index (χ2v) is 6.63. The van der Waals surface area contributed by atoms with Crippen LogP contribution in [0.15, 0.2) is 50.2 Å². The number of fused-ring (bicyclic) bond motifs is 5. The molecule has 4 aromatic rings. The van der Waals surface area contributed by atoms with Crippen LogP contribution < -0.4 is 5.63 Å². The third-order valence-corrected chi connectivity index (χ3v) is 5.13. The monoisotopic (exact) mass is 334 g/mol. The van der Waals surface area contributed by atoms with Gasteiger partial charge in [-0.05, 0) is 61.1 Å². The van der Waals surface area contributed by atoms with E-state index in [-0.39, 0.29) is 11.4 Å². The largest absolute Gasteiger partial charge is 0.463 e. The molecule has 0 aliphatic heterocycles. The van der Waals surface area contributed by atoms with Crippen LogP contribution in [-0.2, 0) is 12.8 Å². The van der Waals surface area contributed by atoms with Gasteiger partial charge in [-0.15, -0.1) is 0 Å². The molecule has 0 radical (unpaired) electrons. The first kappa shape index (κ1) is 14.5. The van der Waals surface area contributed by atoms with Crippen LogP contribution in [0.25, 0.3) is 33.1 Å². The minimum absolute atomic E-state index is 0.232. The lowest BCUT2D eigenvalue weighted by molar-refractivity contribution is 0.550. The highest BCUT2D eigenvalue weighted by Crippen LogP contribution is 2.40. The second kappa shape index (κ2) is 5.06. The number of hydrogen-bond acceptors (Lipinski definition) is 3. The quantitative estimate of drug-likeness (QED) is 0.453. The molecule has 0 bridgehead atoms. The Bertz CT molecular complexity index is 1200. The lowest BCUT2D eigenvalue weighted by atomic mass is 9.97. The average Bonchev–Trinajstić information content (AvgIpc) is 3.23. The number of hydrogen-bond donors (Lipinski definition) is 0. The Morgan fingerprint density at radius 1 is 1.04 bits per heavy atom. The summed E-state index contributed by atoms with van der Waals surface area (Å²) >= 11 is 0. The van der Waals surface area contributed by atoms with Crippen LogP contribution in [0.1, 0.15) is 23.1 Å². The third-order valence-electron chi connectivity index (χ3n) is 5.13. The van der Waals surface area contributed by atoms with Gasteiger partial charge in [-0.3, -0.25) is 0 Å². The molecule has 0 spiro atoms. The smallest absolute Gasteiger partial charge is 0.339 e. The summed E-state index contributed by atoms with van der Waals surface area (Å²) in [6.45, 7) is 1.97. The van der Waals surface area contributed by atoms with Crippen molar-refractivity contribution in [3.8, 4) is 11.1 Å². The Labute approximate surface area is 142 Å². The lowest BCUT2D eigenvalue weighted by Crippen LogP contribution is -2.07. The molecule has 0 fully saturated rings. The van der Waals surface area contributed by atoms with E-state index in [1.165, 1.54) is 12.1 Å². The molecule has 0 saturated heterocycles. The highest BCUT2D eigenvalue weighted by atomic mass is 19.1. The van der Waals surface area contributed by atoms with E-state index < -0.39 is 0 Å². The van der Waals surface area contributed by atoms with Crippen LogP contribution in [0.5, 0.6) is 0 Å². The summed E-state index contributed by atoms with van der Waals surface area (Å²) in [6.07, 6.45) is 4.29. The molecule has 1 aliphatic carbocycles. The van der Waals surface area contributed by atoms with E-state index in [4.69, 9.17) is 8.83 Å². The zero-order valence-electron chi connectivity index (χ0n) is 13.7. The molecular formula is C21H15FO3. The molecular weight excluding hydrogens is 319 g/mol. The Kier molecular flexibility index (Phi) is 2.93. The van der Waals surface area contributed by atoms with E-state index in [0.717, 1.165) is 63.4 Å². The van der Waals surface area contributed by atoms with Gasteiger partial charge >= 0.3 is 5.63 Å². The SMILES string of the molecule is Cc1cc2oc(=O)c3c(c2c2occ(-c4ccc(F)cc4)c12)CCC3. The van der Waals surface area contributed by atoms with Gasteiger partial charge < -0.3 is 8.83 Å². The van der Waals surface area contributed by atoms with E-state index in [0.29, 0.717) is 5.58 Å². The van der Waals surface area contributed by atoms with Gasteiger partial charge in [0.15, 0.2) is 0 Å². The van der Waals surface area contributed by atoms with Crippen molar-refractivity contribution in [3.63, 3.8) is 0 Å². The normalized spacial score (nSPS) is 13.7. The highest BCUT2D eigenvalue weighted by molar-refractivity contribution is 6.11. The van der Waals surface area contributed by atoms with Crippen LogP contribution in [-0.4, -0.2) is 0 Å². The molecule has 124 valence electrons. The van der Waals surface area contributed by atoms with Crippen molar-refractivity contribution in [1.82, 2.24) is 0 Å². The van der Waals surface area contributed by atoms with Crippen LogP contribution >= 0.6 is 0 Å². The molecule has 2 aromatic carbocycles. The van der Waals surface area contributed by atoms with Crippen LogP contribution in [0.4, 0.5) is 4.39 Å². The Morgan fingerprint density at radius 2 is 1.80 bits per heavy atom. The van der Waals surface area contributed by atoms with E-state index in [2.05, 4.69) is 0 Å². The van der Waals surface area contributed by atoms with E-state index in [1.54, 1.807) is 18.4 Å². The molecule has 1 aliphatic rings. The van der Waals surface area contributed by atoms with E-state index in [9.17, 15) is 9.18 Å². The van der Waals surface area contributed by atoms with Gasteiger partial charge in [0, 0.05) is 16.5 Å². The van der Waals surface area contributed by atoms with E-state index >= 15 is 0 Å². The predicted octanol–water partition coefficient (Wildman–Crippen LogP) is 5.14. The van der Waals surface area contributed by atoms with Crippen LogP contribution in [0.2, 0.25) is 0 Å². The van der Waals surface area contributed by atoms with Gasteiger partial charge in [0.05, 0.1) is 11.6 Å². The van der Waals surface area contributed by atoms with Crippen molar-refractivity contribution in [2.75, 3.05) is 0 Å². The van der Waals surface area contributed by atoms with Crippen LogP contribution in [0, 0.1) is 12.7 Å². The molecule has 0 unspecified atom stereocenters. The maximum Gasteiger partial charge on any atom is 0.339 e.